The van der Waals surface area contributed by atoms with Gasteiger partial charge in [-0.2, -0.15) is 4.31 Å². The van der Waals surface area contributed by atoms with Crippen molar-refractivity contribution >= 4 is 10.0 Å². The lowest BCUT2D eigenvalue weighted by atomic mass is 10.1. The molecule has 154 valence electrons. The summed E-state index contributed by atoms with van der Waals surface area (Å²) in [7, 11) is -3.61. The molecule has 0 N–H and O–H groups in total. The van der Waals surface area contributed by atoms with Crippen molar-refractivity contribution in [2.24, 2.45) is 5.92 Å². The predicted molar refractivity (Wildman–Crippen MR) is 118 cm³/mol. The summed E-state index contributed by atoms with van der Waals surface area (Å²) in [5, 5.41) is 0. The van der Waals surface area contributed by atoms with E-state index in [4.69, 9.17) is 0 Å². The van der Waals surface area contributed by atoms with E-state index >= 15 is 0 Å². The quantitative estimate of drug-likeness (QED) is 0.520. The fourth-order valence-electron chi connectivity index (χ4n) is 3.31. The molecule has 1 atom stereocenters. The van der Waals surface area contributed by atoms with Gasteiger partial charge in [-0.1, -0.05) is 61.9 Å². The van der Waals surface area contributed by atoms with Crippen LogP contribution in [0, 0.1) is 12.8 Å². The Labute approximate surface area is 174 Å². The number of hydrogen-bond donors (Lipinski definition) is 0. The van der Waals surface area contributed by atoms with Gasteiger partial charge in [-0.3, -0.25) is 0 Å². The minimum atomic E-state index is -3.61. The summed E-state index contributed by atoms with van der Waals surface area (Å²) < 4.78 is 30.8. The zero-order valence-electron chi connectivity index (χ0n) is 17.6. The third-order valence-electron chi connectivity index (χ3n) is 5.48. The lowest BCUT2D eigenvalue weighted by Gasteiger charge is -2.31. The summed E-state index contributed by atoms with van der Waals surface area (Å²) in [6.07, 6.45) is 2.01. The summed E-state index contributed by atoms with van der Waals surface area (Å²) >= 11 is 0. The van der Waals surface area contributed by atoms with E-state index in [2.05, 4.69) is 30.5 Å². The highest BCUT2D eigenvalue weighted by atomic mass is 32.2. The number of sulfonamides is 1. The Balaban J connectivity index is 1.93. The topological polar surface area (TPSA) is 42.3 Å². The van der Waals surface area contributed by atoms with Gasteiger partial charge in [-0.25, -0.2) is 8.42 Å². The van der Waals surface area contributed by atoms with E-state index in [1.54, 1.807) is 16.4 Å². The average molecular weight is 411 g/mol. The van der Waals surface area contributed by atoms with E-state index < -0.39 is 10.0 Å². The van der Waals surface area contributed by atoms with Gasteiger partial charge in [-0.15, -0.1) is 0 Å². The SMILES string of the molecule is Cc1ccc(S(=O)(=O)N(Cc2cccn2Cc2ccccc2)C(C)C(C)C)cc1. The number of hydrogen-bond acceptors (Lipinski definition) is 2. The van der Waals surface area contributed by atoms with Crippen LogP contribution in [0.2, 0.25) is 0 Å². The van der Waals surface area contributed by atoms with E-state index in [1.165, 1.54) is 5.56 Å². The van der Waals surface area contributed by atoms with E-state index in [0.29, 0.717) is 11.4 Å². The molecule has 3 rings (SSSR count). The Morgan fingerprint density at radius 3 is 2.17 bits per heavy atom. The van der Waals surface area contributed by atoms with Crippen molar-refractivity contribution in [3.63, 3.8) is 0 Å². The van der Waals surface area contributed by atoms with Crippen molar-refractivity contribution in [2.75, 3.05) is 0 Å². The molecule has 5 heteroatoms. The van der Waals surface area contributed by atoms with Crippen LogP contribution in [0.5, 0.6) is 0 Å². The van der Waals surface area contributed by atoms with Crippen molar-refractivity contribution in [2.45, 2.75) is 51.7 Å². The first-order valence-electron chi connectivity index (χ1n) is 10.1. The Hall–Kier alpha value is -2.37. The second-order valence-corrected chi connectivity index (χ2v) is 9.85. The molecule has 0 amide bonds. The molecule has 0 saturated heterocycles. The highest BCUT2D eigenvalue weighted by molar-refractivity contribution is 7.89. The fraction of sp³-hybridized carbons (Fsp3) is 0.333. The van der Waals surface area contributed by atoms with Crippen molar-refractivity contribution in [3.05, 3.63) is 89.7 Å². The minimum Gasteiger partial charge on any atom is -0.346 e. The second kappa shape index (κ2) is 8.97. The predicted octanol–water partition coefficient (Wildman–Crippen LogP) is 5.08. The Morgan fingerprint density at radius 2 is 1.55 bits per heavy atom. The Morgan fingerprint density at radius 1 is 0.897 bits per heavy atom. The molecule has 3 aromatic rings. The van der Waals surface area contributed by atoms with E-state index in [-0.39, 0.29) is 12.0 Å². The molecule has 1 aromatic heterocycles. The van der Waals surface area contributed by atoms with Crippen LogP contribution in [0.15, 0.2) is 77.8 Å². The molecule has 0 fully saturated rings. The Bertz CT molecular complexity index is 1020. The zero-order valence-corrected chi connectivity index (χ0v) is 18.4. The maximum atomic E-state index is 13.5. The standard InChI is InChI=1S/C24H30N2O2S/c1-19(2)21(4)26(29(27,28)24-14-12-20(3)13-15-24)18-23-11-8-16-25(23)17-22-9-6-5-7-10-22/h5-16,19,21H,17-18H2,1-4H3. The minimum absolute atomic E-state index is 0.124. The maximum Gasteiger partial charge on any atom is 0.243 e. The summed E-state index contributed by atoms with van der Waals surface area (Å²) in [4.78, 5) is 0.344. The molecule has 1 unspecified atom stereocenters. The number of nitrogens with zero attached hydrogens (tertiary/aromatic N) is 2. The van der Waals surface area contributed by atoms with Crippen molar-refractivity contribution in [1.82, 2.24) is 8.87 Å². The number of aryl methyl sites for hydroxylation is 1. The Kier molecular flexibility index (Phi) is 6.60. The van der Waals surface area contributed by atoms with Crippen LogP contribution in [0.1, 0.15) is 37.6 Å². The molecule has 0 spiro atoms. The van der Waals surface area contributed by atoms with Crippen LogP contribution in [0.25, 0.3) is 0 Å². The van der Waals surface area contributed by atoms with Crippen LogP contribution in [-0.4, -0.2) is 23.3 Å². The largest absolute Gasteiger partial charge is 0.346 e. The van der Waals surface area contributed by atoms with E-state index in [1.807, 2.05) is 62.5 Å². The molecular weight excluding hydrogens is 380 g/mol. The highest BCUT2D eigenvalue weighted by Crippen LogP contribution is 2.25. The molecule has 1 heterocycles. The summed E-state index contributed by atoms with van der Waals surface area (Å²) in [5.74, 6) is 0.202. The smallest absolute Gasteiger partial charge is 0.243 e. The van der Waals surface area contributed by atoms with Gasteiger partial charge in [-0.05, 0) is 49.6 Å². The van der Waals surface area contributed by atoms with Gasteiger partial charge in [0.2, 0.25) is 10.0 Å². The van der Waals surface area contributed by atoms with Crippen LogP contribution in [-0.2, 0) is 23.1 Å². The lowest BCUT2D eigenvalue weighted by Crippen LogP contribution is -2.41. The normalized spacial score (nSPS) is 13.2. The van der Waals surface area contributed by atoms with Crippen LogP contribution >= 0.6 is 0 Å². The fourth-order valence-corrected chi connectivity index (χ4v) is 5.05. The molecule has 0 aliphatic carbocycles. The van der Waals surface area contributed by atoms with Gasteiger partial charge in [0.1, 0.15) is 0 Å². The molecule has 29 heavy (non-hydrogen) atoms. The second-order valence-electron chi connectivity index (χ2n) is 7.96. The first-order chi connectivity index (χ1) is 13.8. The first kappa shape index (κ1) is 21.3. The molecule has 0 aliphatic heterocycles. The van der Waals surface area contributed by atoms with Gasteiger partial charge in [0.25, 0.3) is 0 Å². The molecule has 4 nitrogen and oxygen atoms in total. The molecule has 2 aromatic carbocycles. The monoisotopic (exact) mass is 410 g/mol. The molecule has 0 saturated carbocycles. The van der Waals surface area contributed by atoms with Gasteiger partial charge >= 0.3 is 0 Å². The third-order valence-corrected chi connectivity index (χ3v) is 7.43. The van der Waals surface area contributed by atoms with Gasteiger partial charge < -0.3 is 4.57 Å². The lowest BCUT2D eigenvalue weighted by molar-refractivity contribution is 0.265. The number of aromatic nitrogens is 1. The van der Waals surface area contributed by atoms with E-state index in [9.17, 15) is 8.42 Å². The highest BCUT2D eigenvalue weighted by Gasteiger charge is 2.31. The third kappa shape index (κ3) is 4.98. The number of benzene rings is 2. The van der Waals surface area contributed by atoms with Crippen LogP contribution in [0.4, 0.5) is 0 Å². The summed E-state index contributed by atoms with van der Waals surface area (Å²) in [6, 6.07) is 21.2. The van der Waals surface area contributed by atoms with Crippen molar-refractivity contribution in [3.8, 4) is 0 Å². The molecule has 0 bridgehead atoms. The number of rotatable bonds is 8. The average Bonchev–Trinajstić information content (AvgIpc) is 3.13. The first-order valence-corrected chi connectivity index (χ1v) is 11.5. The van der Waals surface area contributed by atoms with Crippen molar-refractivity contribution < 1.29 is 8.42 Å². The summed E-state index contributed by atoms with van der Waals surface area (Å²) in [6.45, 7) is 9.13. The van der Waals surface area contributed by atoms with E-state index in [0.717, 1.165) is 17.8 Å². The van der Waals surface area contributed by atoms with Crippen molar-refractivity contribution in [1.29, 1.82) is 0 Å². The van der Waals surface area contributed by atoms with Gasteiger partial charge in [0.15, 0.2) is 0 Å². The molecule has 0 radical (unpaired) electrons. The van der Waals surface area contributed by atoms with Gasteiger partial charge in [0.05, 0.1) is 11.4 Å². The summed E-state index contributed by atoms with van der Waals surface area (Å²) in [5.41, 5.74) is 3.22. The zero-order chi connectivity index (χ0) is 21.0. The maximum absolute atomic E-state index is 13.5. The van der Waals surface area contributed by atoms with Crippen LogP contribution in [0.3, 0.4) is 0 Å². The molecule has 0 aliphatic rings. The van der Waals surface area contributed by atoms with Crippen LogP contribution < -0.4 is 0 Å². The van der Waals surface area contributed by atoms with Gasteiger partial charge in [0, 0.05) is 24.5 Å². The molecular formula is C24H30N2O2S.